The van der Waals surface area contributed by atoms with Crippen LogP contribution in [0.2, 0.25) is 0 Å². The van der Waals surface area contributed by atoms with E-state index in [0.717, 1.165) is 42.5 Å². The smallest absolute Gasteiger partial charge is 0.272 e. The van der Waals surface area contributed by atoms with Gasteiger partial charge in [0.15, 0.2) is 5.69 Å². The van der Waals surface area contributed by atoms with Crippen molar-refractivity contribution >= 4 is 11.8 Å². The molecule has 1 aromatic heterocycles. The molecule has 0 bridgehead atoms. The van der Waals surface area contributed by atoms with E-state index in [1.807, 2.05) is 44.2 Å². The van der Waals surface area contributed by atoms with Crippen LogP contribution in [0.4, 0.5) is 0 Å². The number of nitrogens with one attached hydrogen (secondary N) is 3. The number of carbonyl (C=O) groups excluding carboxylic acids is 2. The van der Waals surface area contributed by atoms with Gasteiger partial charge >= 0.3 is 0 Å². The van der Waals surface area contributed by atoms with Crippen LogP contribution in [0.1, 0.15) is 60.0 Å². The summed E-state index contributed by atoms with van der Waals surface area (Å²) in [7, 11) is 0. The standard InChI is InChI=1S/C19H24N4O2/c1-12(2)20-18(24)16(13-8-4-3-5-9-13)21-19(25)17-14-10-6-7-11-15(14)22-23-17/h3-5,8-9,12,16H,6-7,10-11H2,1-2H3,(H,20,24)(H,21,25)(H,22,23). The molecule has 0 saturated carbocycles. The molecule has 25 heavy (non-hydrogen) atoms. The first-order valence-electron chi connectivity index (χ1n) is 8.78. The summed E-state index contributed by atoms with van der Waals surface area (Å²) in [5, 5.41) is 12.9. The van der Waals surface area contributed by atoms with Gasteiger partial charge in [-0.2, -0.15) is 5.10 Å². The molecule has 0 aliphatic heterocycles. The number of rotatable bonds is 5. The Hall–Kier alpha value is -2.63. The van der Waals surface area contributed by atoms with E-state index in [4.69, 9.17) is 0 Å². The molecule has 3 N–H and O–H groups in total. The molecule has 0 radical (unpaired) electrons. The minimum atomic E-state index is -0.743. The van der Waals surface area contributed by atoms with Crippen molar-refractivity contribution in [2.75, 3.05) is 0 Å². The van der Waals surface area contributed by atoms with E-state index in [-0.39, 0.29) is 17.9 Å². The van der Waals surface area contributed by atoms with Crippen molar-refractivity contribution in [3.05, 3.63) is 52.8 Å². The Morgan fingerprint density at radius 3 is 2.52 bits per heavy atom. The van der Waals surface area contributed by atoms with Gasteiger partial charge in [0.25, 0.3) is 5.91 Å². The average molecular weight is 340 g/mol. The Kier molecular flexibility index (Phi) is 5.16. The number of H-pyrrole nitrogens is 1. The van der Waals surface area contributed by atoms with Gasteiger partial charge in [-0.15, -0.1) is 0 Å². The summed E-state index contributed by atoms with van der Waals surface area (Å²) in [6, 6.07) is 8.52. The van der Waals surface area contributed by atoms with Crippen molar-refractivity contribution in [3.8, 4) is 0 Å². The van der Waals surface area contributed by atoms with E-state index >= 15 is 0 Å². The lowest BCUT2D eigenvalue weighted by atomic mass is 9.95. The van der Waals surface area contributed by atoms with Gasteiger partial charge in [0.2, 0.25) is 5.91 Å². The molecule has 0 saturated heterocycles. The summed E-state index contributed by atoms with van der Waals surface area (Å²) in [6.45, 7) is 3.79. The van der Waals surface area contributed by atoms with Crippen LogP contribution in [0, 0.1) is 0 Å². The van der Waals surface area contributed by atoms with Crippen molar-refractivity contribution in [3.63, 3.8) is 0 Å². The molecular formula is C19H24N4O2. The van der Waals surface area contributed by atoms with Crippen LogP contribution in [0.15, 0.2) is 30.3 Å². The fraction of sp³-hybridized carbons (Fsp3) is 0.421. The largest absolute Gasteiger partial charge is 0.352 e. The minimum absolute atomic E-state index is 0.00578. The first kappa shape index (κ1) is 17.2. The van der Waals surface area contributed by atoms with E-state index in [1.165, 1.54) is 0 Å². The molecule has 2 amide bonds. The third kappa shape index (κ3) is 3.90. The monoisotopic (exact) mass is 340 g/mol. The quantitative estimate of drug-likeness (QED) is 0.780. The van der Waals surface area contributed by atoms with Crippen molar-refractivity contribution in [1.82, 2.24) is 20.8 Å². The van der Waals surface area contributed by atoms with Crippen LogP contribution in [-0.4, -0.2) is 28.1 Å². The average Bonchev–Trinajstić information content (AvgIpc) is 3.03. The minimum Gasteiger partial charge on any atom is -0.352 e. The van der Waals surface area contributed by atoms with Crippen LogP contribution in [0.25, 0.3) is 0 Å². The number of aromatic nitrogens is 2. The Morgan fingerprint density at radius 1 is 1.08 bits per heavy atom. The molecule has 2 aromatic rings. The van der Waals surface area contributed by atoms with Gasteiger partial charge in [-0.3, -0.25) is 14.7 Å². The molecule has 1 heterocycles. The molecule has 1 aromatic carbocycles. The zero-order valence-corrected chi connectivity index (χ0v) is 14.6. The summed E-state index contributed by atoms with van der Waals surface area (Å²) < 4.78 is 0. The molecule has 6 heteroatoms. The molecule has 3 rings (SSSR count). The van der Waals surface area contributed by atoms with Gasteiger partial charge in [0.05, 0.1) is 0 Å². The summed E-state index contributed by atoms with van der Waals surface area (Å²) in [5.74, 6) is -0.536. The number of aryl methyl sites for hydroxylation is 1. The Morgan fingerprint density at radius 2 is 1.80 bits per heavy atom. The summed E-state index contributed by atoms with van der Waals surface area (Å²) in [5.41, 5.74) is 3.19. The van der Waals surface area contributed by atoms with E-state index in [1.54, 1.807) is 0 Å². The second kappa shape index (κ2) is 7.51. The van der Waals surface area contributed by atoms with Crippen LogP contribution in [0.5, 0.6) is 0 Å². The normalized spacial score (nSPS) is 14.7. The topological polar surface area (TPSA) is 86.9 Å². The SMILES string of the molecule is CC(C)NC(=O)C(NC(=O)c1n[nH]c2c1CCCC2)c1ccccc1. The fourth-order valence-electron chi connectivity index (χ4n) is 3.18. The van der Waals surface area contributed by atoms with Crippen LogP contribution in [-0.2, 0) is 17.6 Å². The fourth-order valence-corrected chi connectivity index (χ4v) is 3.18. The first-order chi connectivity index (χ1) is 12.1. The maximum absolute atomic E-state index is 12.8. The Labute approximate surface area is 147 Å². The van der Waals surface area contributed by atoms with Crippen molar-refractivity contribution in [1.29, 1.82) is 0 Å². The second-order valence-electron chi connectivity index (χ2n) is 6.72. The third-order valence-corrected chi connectivity index (χ3v) is 4.37. The first-order valence-corrected chi connectivity index (χ1v) is 8.78. The van der Waals surface area contributed by atoms with Gasteiger partial charge in [-0.1, -0.05) is 30.3 Å². The van der Waals surface area contributed by atoms with Crippen molar-refractivity contribution < 1.29 is 9.59 Å². The Balaban J connectivity index is 1.83. The van der Waals surface area contributed by atoms with Gasteiger partial charge in [0, 0.05) is 17.3 Å². The number of aromatic amines is 1. The summed E-state index contributed by atoms with van der Waals surface area (Å²) in [4.78, 5) is 25.4. The number of benzene rings is 1. The predicted octanol–water partition coefficient (Wildman–Crippen LogP) is 2.28. The lowest BCUT2D eigenvalue weighted by Gasteiger charge is -2.20. The molecule has 132 valence electrons. The molecule has 0 spiro atoms. The third-order valence-electron chi connectivity index (χ3n) is 4.37. The highest BCUT2D eigenvalue weighted by Gasteiger charge is 2.27. The van der Waals surface area contributed by atoms with Gasteiger partial charge in [0.1, 0.15) is 6.04 Å². The zero-order chi connectivity index (χ0) is 17.8. The van der Waals surface area contributed by atoms with E-state index in [0.29, 0.717) is 5.69 Å². The van der Waals surface area contributed by atoms with Gasteiger partial charge < -0.3 is 10.6 Å². The number of nitrogens with zero attached hydrogens (tertiary/aromatic N) is 1. The molecule has 6 nitrogen and oxygen atoms in total. The van der Waals surface area contributed by atoms with Crippen LogP contribution in [0.3, 0.4) is 0 Å². The van der Waals surface area contributed by atoms with Crippen LogP contribution < -0.4 is 10.6 Å². The molecule has 1 atom stereocenters. The van der Waals surface area contributed by atoms with Gasteiger partial charge in [-0.25, -0.2) is 0 Å². The highest BCUT2D eigenvalue weighted by atomic mass is 16.2. The molecule has 1 aliphatic carbocycles. The number of fused-ring (bicyclic) bond motifs is 1. The highest BCUT2D eigenvalue weighted by Crippen LogP contribution is 2.23. The maximum atomic E-state index is 12.8. The molecule has 0 fully saturated rings. The van der Waals surface area contributed by atoms with E-state index < -0.39 is 6.04 Å². The lowest BCUT2D eigenvalue weighted by Crippen LogP contribution is -2.43. The maximum Gasteiger partial charge on any atom is 0.272 e. The van der Waals surface area contributed by atoms with Gasteiger partial charge in [-0.05, 0) is 45.1 Å². The Bertz CT molecular complexity index is 752. The highest BCUT2D eigenvalue weighted by molar-refractivity contribution is 5.97. The number of hydrogen-bond donors (Lipinski definition) is 3. The number of carbonyl (C=O) groups is 2. The second-order valence-corrected chi connectivity index (χ2v) is 6.72. The van der Waals surface area contributed by atoms with E-state index in [2.05, 4.69) is 20.8 Å². The summed E-state index contributed by atoms with van der Waals surface area (Å²) in [6.07, 6.45) is 3.94. The molecular weight excluding hydrogens is 316 g/mol. The van der Waals surface area contributed by atoms with Crippen LogP contribution >= 0.6 is 0 Å². The molecule has 1 aliphatic rings. The van der Waals surface area contributed by atoms with Crippen molar-refractivity contribution in [2.24, 2.45) is 0 Å². The predicted molar refractivity (Wildman–Crippen MR) is 95.2 cm³/mol. The number of hydrogen-bond acceptors (Lipinski definition) is 3. The lowest BCUT2D eigenvalue weighted by molar-refractivity contribution is -0.123. The summed E-state index contributed by atoms with van der Waals surface area (Å²) >= 11 is 0. The number of amides is 2. The van der Waals surface area contributed by atoms with E-state index in [9.17, 15) is 9.59 Å². The van der Waals surface area contributed by atoms with Crippen molar-refractivity contribution in [2.45, 2.75) is 51.6 Å². The zero-order valence-electron chi connectivity index (χ0n) is 14.6. The molecule has 1 unspecified atom stereocenters.